The second-order valence-corrected chi connectivity index (χ2v) is 31.9. The van der Waals surface area contributed by atoms with Crippen LogP contribution in [0.3, 0.4) is 0 Å². The molecule has 38 heteroatoms. The number of halogens is 1. The number of aldehydes is 1. The molecule has 0 aliphatic carbocycles. The van der Waals surface area contributed by atoms with Gasteiger partial charge in [0, 0.05) is 35.5 Å². The molecule has 2 aromatic carbocycles. The van der Waals surface area contributed by atoms with E-state index in [1.165, 1.54) is 44.1 Å². The van der Waals surface area contributed by atoms with Crippen molar-refractivity contribution >= 4 is 17.1 Å². The first-order chi connectivity index (χ1) is 48.4. The van der Waals surface area contributed by atoms with Gasteiger partial charge in [0.15, 0.2) is 78.2 Å². The monoisotopic (exact) mass is 1670 g/mol. The maximum Gasteiger partial charge on any atom is 1.00 e. The maximum absolute atomic E-state index is 10.7. The van der Waals surface area contributed by atoms with E-state index in [2.05, 4.69) is 56.3 Å². The van der Waals surface area contributed by atoms with E-state index < -0.39 is 153 Å². The third-order valence-corrected chi connectivity index (χ3v) is 17.9. The van der Waals surface area contributed by atoms with Crippen molar-refractivity contribution in [2.45, 2.75) is 299 Å². The molecule has 2 aromatic rings. The Balaban J connectivity index is 0.000000266. The minimum absolute atomic E-state index is 0. The largest absolute Gasteiger partial charge is 1.00 e. The first-order valence-electron chi connectivity index (χ1n) is 34.4. The SMILES string of the molecule is CC(C)Cc1ccc2ccccc2c1.CC1(C)OCC([C@H]2O[C@@H]3OC(C)(C)O[C@@H]3[C@@H]2O)O1.CO.CO[C@@H]1C(C=O)O[C@@H]2OC(C)(C)O[C@@H]21.CO[C@H]1[C@H]2OC(C)(C)O[C@H]2OC1(CO)CO.CO[C@H]1[C@H]2OC(C)(C)O[C@H]2O[C@@H]1C(O)CO.CO[C@H]1[C@H]2OC(C)(C)O[C@H]2O[C@@H]1C1COC(C)(C)O1.[Na+].[Na+].[O-][I+3]([O-])([O-])[O-].[OH-]. The molecule has 22 atom stereocenters. The molecule has 608 valence electrons. The van der Waals surface area contributed by atoms with Crippen molar-refractivity contribution in [2.75, 3.05) is 68.6 Å². The van der Waals surface area contributed by atoms with Gasteiger partial charge in [-0.15, -0.1) is 0 Å². The summed E-state index contributed by atoms with van der Waals surface area (Å²) in [7, 11) is 7.19. The zero-order valence-electron chi connectivity index (χ0n) is 65.6. The number of aliphatic hydroxyl groups excluding tert-OH is 6. The molecule has 14 rings (SSSR count). The summed E-state index contributed by atoms with van der Waals surface area (Å²) in [6.45, 7) is 29.9. The Morgan fingerprint density at radius 1 is 0.495 bits per heavy atom. The van der Waals surface area contributed by atoms with E-state index in [9.17, 15) is 25.2 Å². The second kappa shape index (κ2) is 40.7. The van der Waals surface area contributed by atoms with Gasteiger partial charge in [0.25, 0.3) is 0 Å². The van der Waals surface area contributed by atoms with Crippen LogP contribution in [0.15, 0.2) is 42.5 Å². The van der Waals surface area contributed by atoms with Crippen LogP contribution < -0.4 is 93.0 Å². The van der Waals surface area contributed by atoms with Crippen molar-refractivity contribution in [1.82, 2.24) is 0 Å². The molecule has 12 aliphatic heterocycles. The van der Waals surface area contributed by atoms with Gasteiger partial charge in [-0.3, -0.25) is 13.7 Å². The summed E-state index contributed by atoms with van der Waals surface area (Å²) < 4.78 is 162. The number of aliphatic hydroxyl groups is 6. The fourth-order valence-electron chi connectivity index (χ4n) is 13.9. The number of benzene rings is 2. The molecule has 107 heavy (non-hydrogen) atoms. The van der Waals surface area contributed by atoms with Gasteiger partial charge >= 0.3 is 59.1 Å². The molecule has 12 saturated heterocycles. The Bertz CT molecular complexity index is 2970. The molecule has 0 spiro atoms. The van der Waals surface area contributed by atoms with Crippen molar-refractivity contribution in [3.8, 4) is 0 Å². The Morgan fingerprint density at radius 2 is 0.897 bits per heavy atom. The number of carbonyl (C=O) groups excluding carboxylic acids is 1. The van der Waals surface area contributed by atoms with Gasteiger partial charge in [-0.25, -0.2) is 0 Å². The fraction of sp³-hybridized carbons (Fsp3) is 0.841. The molecule has 12 fully saturated rings. The van der Waals surface area contributed by atoms with Crippen LogP contribution in [0.1, 0.15) is 116 Å². The van der Waals surface area contributed by atoms with Crippen LogP contribution in [0.25, 0.3) is 10.8 Å². The van der Waals surface area contributed by atoms with Crippen LogP contribution in [0, 0.1) is 5.92 Å². The van der Waals surface area contributed by atoms with Gasteiger partial charge < -0.3 is 150 Å². The minimum Gasteiger partial charge on any atom is -0.870 e. The molecule has 0 amide bonds. The Hall–Kier alpha value is -0.260. The van der Waals surface area contributed by atoms with Crippen molar-refractivity contribution in [1.29, 1.82) is 0 Å². The first-order valence-corrected chi connectivity index (χ1v) is 37.9. The van der Waals surface area contributed by atoms with Crippen molar-refractivity contribution in [3.63, 3.8) is 0 Å². The van der Waals surface area contributed by atoms with Crippen molar-refractivity contribution in [2.24, 2.45) is 5.92 Å². The Kier molecular flexibility index (Phi) is 37.7. The fourth-order valence-corrected chi connectivity index (χ4v) is 13.9. The van der Waals surface area contributed by atoms with Gasteiger partial charge in [0.2, 0.25) is 0 Å². The molecule has 0 aromatic heterocycles. The van der Waals surface area contributed by atoms with Gasteiger partial charge in [0.05, 0.1) is 33.0 Å². The average Bonchev–Trinajstić information content (AvgIpc) is 1.62. The number of hydrogen-bond acceptors (Lipinski definition) is 35. The number of ether oxygens (including phenoxy) is 23. The standard InChI is InChI=1S/C14H16.C13H22O6.C12H20O6.2C10H18O6.C9H14O5.CH4O.IO4.2Na.H2O/c1-11(2)9-12-7-8-13-5-3-4-6-14(13)10-12;1-12(2)15-6-7(17-12)8-9(14-5)10-11(16-8)19-13(3,4)18-10;1-11(2)14-5-6(16-11)8-7(13)9-10(15-8)18-12(3,4)17-9;1-9(2)14-6-7(13-3)10(4-11,5-12)16-8(6)15-9;1-10(2)15-8-7(13-3)6(5(12)4-11)14-9(8)16-10;1-9(2)13-7-6(11-3)5(4-10)12-8(7)14-9;1-2;2-1(3,4)5;;;/h3-8,10-11H,9H2,1-2H3;7-11H,6H2,1-5H3;6-10,13H,5H2,1-4H3;6-8,11-12H,4-5H2,1-3H3;5-9,11-12H,4H2,1-3H3;4-8H,1-3H3;2H,1H3;;;;1H2/q;;;;;;;-1;2*+1;/p-1/t;7?,8-,9-,10-,11-;6?,7-,8-,9-,10-;6-,7+,8+;5?,6-,7-,8-,9-;5?,6-,7-,8-;;;;;/m.11111...../s1. The third kappa shape index (κ3) is 26.1. The topological polar surface area (TPSA) is 473 Å². The number of fused-ring (bicyclic) bond motifs is 6. The van der Waals surface area contributed by atoms with E-state index in [1.54, 1.807) is 62.5 Å². The van der Waals surface area contributed by atoms with Crippen molar-refractivity contribution < 1.29 is 243 Å². The van der Waals surface area contributed by atoms with Crippen LogP contribution in [0.2, 0.25) is 0 Å². The van der Waals surface area contributed by atoms with Crippen molar-refractivity contribution in [3.05, 3.63) is 48.0 Å². The van der Waals surface area contributed by atoms with Crippen LogP contribution in [0.4, 0.5) is 0 Å². The Morgan fingerprint density at radius 3 is 1.32 bits per heavy atom. The van der Waals surface area contributed by atoms with Crippen LogP contribution in [-0.2, 0) is 120 Å². The predicted octanol–water partition coefficient (Wildman–Crippen LogP) is -10.3. The van der Waals surface area contributed by atoms with E-state index in [0.29, 0.717) is 19.5 Å². The van der Waals surface area contributed by atoms with Gasteiger partial charge in [-0.1, -0.05) is 56.3 Å². The molecule has 0 bridgehead atoms. The molecular weight excluding hydrogens is 1560 g/mol. The molecule has 0 radical (unpaired) electrons. The number of methoxy groups -OCH3 is 4. The normalized spacial score (nSPS) is 37.2. The van der Waals surface area contributed by atoms with Gasteiger partial charge in [-0.05, 0) is 126 Å². The molecular formula is C69H113INa2O35. The summed E-state index contributed by atoms with van der Waals surface area (Å²) in [6, 6.07) is 15.3. The molecule has 12 heterocycles. The summed E-state index contributed by atoms with van der Waals surface area (Å²) >= 11 is -5.94. The van der Waals surface area contributed by atoms with E-state index in [0.717, 1.165) is 13.0 Å². The van der Waals surface area contributed by atoms with E-state index in [1.807, 2.05) is 41.5 Å². The first kappa shape index (κ1) is 99.1. The van der Waals surface area contributed by atoms with Crippen LogP contribution in [0.5, 0.6) is 0 Å². The van der Waals surface area contributed by atoms with Gasteiger partial charge in [-0.2, -0.15) is 0 Å². The molecule has 12 aliphatic rings. The van der Waals surface area contributed by atoms with E-state index in [4.69, 9.17) is 133 Å². The van der Waals surface area contributed by atoms with Crippen LogP contribution in [-0.4, -0.2) is 292 Å². The third-order valence-electron chi connectivity index (χ3n) is 17.9. The van der Waals surface area contributed by atoms with E-state index >= 15 is 0 Å². The summed E-state index contributed by atoms with van der Waals surface area (Å²) in [5, 5.41) is 57.1. The minimum atomic E-state index is -5.94. The summed E-state index contributed by atoms with van der Waals surface area (Å²) in [5.74, 6) is -3.94. The molecule has 4 unspecified atom stereocenters. The zero-order valence-corrected chi connectivity index (χ0v) is 71.7. The summed E-state index contributed by atoms with van der Waals surface area (Å²) in [4.78, 5) is 10.7. The summed E-state index contributed by atoms with van der Waals surface area (Å²) in [6.07, 6.45) is -8.23. The molecule has 0 saturated carbocycles. The number of hydrogen-bond donors (Lipinski definition) is 6. The Labute approximate surface area is 675 Å². The summed E-state index contributed by atoms with van der Waals surface area (Å²) in [5.41, 5.74) is 0.291. The van der Waals surface area contributed by atoms with Gasteiger partial charge in [0.1, 0.15) is 129 Å². The molecule has 35 nitrogen and oxygen atoms in total. The predicted molar refractivity (Wildman–Crippen MR) is 347 cm³/mol. The average molecular weight is 1680 g/mol. The zero-order chi connectivity index (χ0) is 77.7. The second-order valence-electron chi connectivity index (χ2n) is 29.8. The van der Waals surface area contributed by atoms with E-state index in [-0.39, 0.29) is 133 Å². The smallest absolute Gasteiger partial charge is 0.870 e. The quantitative estimate of drug-likeness (QED) is 0.0616. The number of rotatable bonds is 13. The number of carbonyl (C=O) groups is 1. The molecule has 7 N–H and O–H groups in total. The maximum atomic E-state index is 10.7. The van der Waals surface area contributed by atoms with Crippen LogP contribution >= 0.6 is 0 Å².